The van der Waals surface area contributed by atoms with E-state index in [1.807, 2.05) is 30.9 Å². The van der Waals surface area contributed by atoms with E-state index in [1.165, 1.54) is 0 Å². The smallest absolute Gasteiger partial charge is 0.260 e. The number of nitrogens with zero attached hydrogens (tertiary/aromatic N) is 3. The van der Waals surface area contributed by atoms with Crippen molar-refractivity contribution < 1.29 is 9.53 Å². The number of nitriles is 1. The van der Waals surface area contributed by atoms with E-state index in [9.17, 15) is 4.79 Å². The Bertz CT molecular complexity index is 537. The van der Waals surface area contributed by atoms with Gasteiger partial charge in [-0.05, 0) is 37.1 Å². The fourth-order valence-electron chi connectivity index (χ4n) is 2.68. The molecule has 1 fully saturated rings. The van der Waals surface area contributed by atoms with Crippen LogP contribution >= 0.6 is 0 Å². The quantitative estimate of drug-likeness (QED) is 0.831. The first kappa shape index (κ1) is 16.3. The molecular formula is C17H23N3O2. The number of hydrogen-bond donors (Lipinski definition) is 0. The van der Waals surface area contributed by atoms with Crippen LogP contribution in [0.1, 0.15) is 17.5 Å². The van der Waals surface area contributed by atoms with Crippen LogP contribution in [0.3, 0.4) is 0 Å². The third-order valence-corrected chi connectivity index (χ3v) is 3.82. The maximum Gasteiger partial charge on any atom is 0.260 e. The second kappa shape index (κ2) is 7.81. The highest BCUT2D eigenvalue weighted by Gasteiger charge is 2.21. The number of rotatable bonds is 5. The minimum atomic E-state index is 0.0269. The highest BCUT2D eigenvalue weighted by atomic mass is 16.5. The monoisotopic (exact) mass is 301 g/mol. The molecule has 1 heterocycles. The lowest BCUT2D eigenvalue weighted by Crippen LogP contribution is -2.50. The molecule has 0 radical (unpaired) electrons. The lowest BCUT2D eigenvalue weighted by molar-refractivity contribution is -0.135. The number of carbonyl (C=O) groups excluding carboxylic acids is 1. The van der Waals surface area contributed by atoms with Gasteiger partial charge in [0.2, 0.25) is 0 Å². The van der Waals surface area contributed by atoms with E-state index in [-0.39, 0.29) is 12.5 Å². The second-order valence-electron chi connectivity index (χ2n) is 5.74. The van der Waals surface area contributed by atoms with Crippen molar-refractivity contribution in [3.8, 4) is 11.8 Å². The molecule has 0 atom stereocenters. The molecule has 5 nitrogen and oxygen atoms in total. The van der Waals surface area contributed by atoms with E-state index in [2.05, 4.69) is 17.0 Å². The van der Waals surface area contributed by atoms with Gasteiger partial charge in [0.15, 0.2) is 6.61 Å². The van der Waals surface area contributed by atoms with E-state index in [0.717, 1.165) is 36.5 Å². The molecule has 0 aliphatic carbocycles. The molecule has 0 unspecified atom stereocenters. The van der Waals surface area contributed by atoms with Gasteiger partial charge in [-0.15, -0.1) is 0 Å². The summed E-state index contributed by atoms with van der Waals surface area (Å²) in [6.07, 6.45) is 0.545. The van der Waals surface area contributed by atoms with Crippen LogP contribution in [0.4, 0.5) is 0 Å². The number of amides is 1. The van der Waals surface area contributed by atoms with Crippen LogP contribution in [-0.4, -0.2) is 55.0 Å². The zero-order valence-corrected chi connectivity index (χ0v) is 13.3. The van der Waals surface area contributed by atoms with E-state index in [0.29, 0.717) is 19.5 Å². The summed E-state index contributed by atoms with van der Waals surface area (Å²) >= 11 is 0. The molecule has 0 saturated carbocycles. The average molecular weight is 301 g/mol. The van der Waals surface area contributed by atoms with Crippen molar-refractivity contribution in [2.75, 3.05) is 39.3 Å². The Morgan fingerprint density at radius 2 is 1.82 bits per heavy atom. The molecule has 0 spiro atoms. The first-order valence-electron chi connectivity index (χ1n) is 7.66. The van der Waals surface area contributed by atoms with E-state index < -0.39 is 0 Å². The third kappa shape index (κ3) is 4.74. The van der Waals surface area contributed by atoms with Crippen LogP contribution in [0, 0.1) is 25.2 Å². The zero-order valence-electron chi connectivity index (χ0n) is 13.3. The van der Waals surface area contributed by atoms with Gasteiger partial charge in [-0.25, -0.2) is 0 Å². The van der Waals surface area contributed by atoms with E-state index in [4.69, 9.17) is 10.00 Å². The Labute approximate surface area is 132 Å². The van der Waals surface area contributed by atoms with Crippen molar-refractivity contribution in [1.82, 2.24) is 9.80 Å². The summed E-state index contributed by atoms with van der Waals surface area (Å²) < 4.78 is 5.63. The van der Waals surface area contributed by atoms with Crippen molar-refractivity contribution in [1.29, 1.82) is 5.26 Å². The minimum Gasteiger partial charge on any atom is -0.484 e. The highest BCUT2D eigenvalue weighted by molar-refractivity contribution is 5.77. The van der Waals surface area contributed by atoms with Gasteiger partial charge in [0.25, 0.3) is 5.91 Å². The minimum absolute atomic E-state index is 0.0269. The van der Waals surface area contributed by atoms with Crippen LogP contribution in [0.5, 0.6) is 5.75 Å². The lowest BCUT2D eigenvalue weighted by atomic mass is 10.1. The summed E-state index contributed by atoms with van der Waals surface area (Å²) in [5, 5.41) is 8.60. The van der Waals surface area contributed by atoms with Gasteiger partial charge in [-0.1, -0.05) is 6.07 Å². The molecule has 22 heavy (non-hydrogen) atoms. The molecule has 1 amide bonds. The summed E-state index contributed by atoms with van der Waals surface area (Å²) in [6.45, 7) is 7.98. The predicted octanol–water partition coefficient (Wildman–Crippen LogP) is 1.74. The Hall–Kier alpha value is -2.06. The number of piperazine rings is 1. The summed E-state index contributed by atoms with van der Waals surface area (Å²) in [4.78, 5) is 16.3. The summed E-state index contributed by atoms with van der Waals surface area (Å²) in [5.74, 6) is 0.776. The molecule has 118 valence electrons. The van der Waals surface area contributed by atoms with Crippen molar-refractivity contribution >= 4 is 5.91 Å². The molecule has 1 saturated heterocycles. The fourth-order valence-corrected chi connectivity index (χ4v) is 2.68. The number of hydrogen-bond acceptors (Lipinski definition) is 4. The van der Waals surface area contributed by atoms with Gasteiger partial charge < -0.3 is 9.64 Å². The summed E-state index contributed by atoms with van der Waals surface area (Å²) in [6, 6.07) is 8.12. The van der Waals surface area contributed by atoms with Crippen LogP contribution in [0.15, 0.2) is 18.2 Å². The molecule has 0 aromatic heterocycles. The van der Waals surface area contributed by atoms with Gasteiger partial charge in [0, 0.05) is 39.1 Å². The molecular weight excluding hydrogens is 278 g/mol. The topological polar surface area (TPSA) is 56.6 Å². The zero-order chi connectivity index (χ0) is 15.9. The van der Waals surface area contributed by atoms with Crippen molar-refractivity contribution in [3.63, 3.8) is 0 Å². The number of aryl methyl sites for hydroxylation is 2. The van der Waals surface area contributed by atoms with Gasteiger partial charge >= 0.3 is 0 Å². The van der Waals surface area contributed by atoms with Crippen LogP contribution in [-0.2, 0) is 4.79 Å². The third-order valence-electron chi connectivity index (χ3n) is 3.82. The van der Waals surface area contributed by atoms with Gasteiger partial charge in [-0.2, -0.15) is 5.26 Å². The molecule has 1 aromatic rings. The Morgan fingerprint density at radius 3 is 2.41 bits per heavy atom. The number of ether oxygens (including phenoxy) is 1. The highest BCUT2D eigenvalue weighted by Crippen LogP contribution is 2.16. The summed E-state index contributed by atoms with van der Waals surface area (Å²) in [5.41, 5.74) is 2.27. The van der Waals surface area contributed by atoms with Crippen molar-refractivity contribution in [2.24, 2.45) is 0 Å². The van der Waals surface area contributed by atoms with Crippen molar-refractivity contribution in [3.05, 3.63) is 29.3 Å². The summed E-state index contributed by atoms with van der Waals surface area (Å²) in [7, 11) is 0. The number of carbonyl (C=O) groups is 1. The Kier molecular flexibility index (Phi) is 5.79. The molecule has 5 heteroatoms. The molecule has 1 aliphatic rings. The van der Waals surface area contributed by atoms with E-state index >= 15 is 0 Å². The first-order valence-corrected chi connectivity index (χ1v) is 7.66. The van der Waals surface area contributed by atoms with Crippen LogP contribution in [0.25, 0.3) is 0 Å². The maximum atomic E-state index is 12.2. The fraction of sp³-hybridized carbons (Fsp3) is 0.529. The number of benzene rings is 1. The van der Waals surface area contributed by atoms with Crippen molar-refractivity contribution in [2.45, 2.75) is 20.3 Å². The van der Waals surface area contributed by atoms with Crippen LogP contribution < -0.4 is 4.74 Å². The molecule has 0 N–H and O–H groups in total. The van der Waals surface area contributed by atoms with Gasteiger partial charge in [0.1, 0.15) is 5.75 Å². The average Bonchev–Trinajstić information content (AvgIpc) is 2.50. The standard InChI is InChI=1S/C17H23N3O2/c1-14-10-15(2)12-16(11-14)22-13-17(21)20-8-6-19(7-9-20)5-3-4-18/h10-12H,3,5-9,13H2,1-2H3. The largest absolute Gasteiger partial charge is 0.484 e. The van der Waals surface area contributed by atoms with Crippen LogP contribution in [0.2, 0.25) is 0 Å². The molecule has 1 aromatic carbocycles. The first-order chi connectivity index (χ1) is 10.6. The molecule has 0 bridgehead atoms. The molecule has 2 rings (SSSR count). The maximum absolute atomic E-state index is 12.2. The Morgan fingerprint density at radius 1 is 1.18 bits per heavy atom. The predicted molar refractivity (Wildman–Crippen MR) is 84.7 cm³/mol. The Balaban J connectivity index is 1.77. The SMILES string of the molecule is Cc1cc(C)cc(OCC(=O)N2CCN(CCC#N)CC2)c1. The van der Waals surface area contributed by atoms with Gasteiger partial charge in [-0.3, -0.25) is 9.69 Å². The normalized spacial score (nSPS) is 15.4. The lowest BCUT2D eigenvalue weighted by Gasteiger charge is -2.34. The van der Waals surface area contributed by atoms with Gasteiger partial charge in [0.05, 0.1) is 6.07 Å². The molecule has 1 aliphatic heterocycles. The second-order valence-corrected chi connectivity index (χ2v) is 5.74. The van der Waals surface area contributed by atoms with E-state index in [1.54, 1.807) is 0 Å².